The van der Waals surface area contributed by atoms with Crippen molar-refractivity contribution >= 4 is 27.6 Å². The lowest BCUT2D eigenvalue weighted by molar-refractivity contribution is -0.126. The third-order valence-electron chi connectivity index (χ3n) is 4.30. The predicted octanol–water partition coefficient (Wildman–Crippen LogP) is 3.81. The summed E-state index contributed by atoms with van der Waals surface area (Å²) in [6, 6.07) is 17.4. The van der Waals surface area contributed by atoms with E-state index < -0.39 is 6.04 Å². The van der Waals surface area contributed by atoms with E-state index in [-0.39, 0.29) is 24.3 Å². The molecular formula is C21H25BrN2O2. The van der Waals surface area contributed by atoms with Gasteiger partial charge in [0, 0.05) is 10.5 Å². The summed E-state index contributed by atoms with van der Waals surface area (Å²) in [5, 5.41) is 6.12. The minimum absolute atomic E-state index is 0.0397. The molecule has 1 amide bonds. The molecule has 0 fully saturated rings. The van der Waals surface area contributed by atoms with Crippen LogP contribution >= 0.6 is 15.9 Å². The molecule has 2 atom stereocenters. The number of halogens is 1. The Labute approximate surface area is 163 Å². The molecule has 0 heterocycles. The Kier molecular flexibility index (Phi) is 8.01. The first-order valence-electron chi connectivity index (χ1n) is 8.82. The summed E-state index contributed by atoms with van der Waals surface area (Å²) in [6.45, 7) is 3.76. The van der Waals surface area contributed by atoms with Gasteiger partial charge in [0.05, 0.1) is 12.6 Å². The number of carbonyl (C=O) groups excluding carboxylic acids is 2. The summed E-state index contributed by atoms with van der Waals surface area (Å²) in [6.07, 6.45) is 1.38. The van der Waals surface area contributed by atoms with Crippen molar-refractivity contribution in [2.75, 3.05) is 6.54 Å². The molecule has 2 rings (SSSR count). The average Bonchev–Trinajstić information content (AvgIpc) is 2.64. The Hall–Kier alpha value is -1.98. The van der Waals surface area contributed by atoms with E-state index in [0.29, 0.717) is 6.42 Å². The zero-order valence-corrected chi connectivity index (χ0v) is 16.8. The molecule has 2 aromatic rings. The van der Waals surface area contributed by atoms with Crippen molar-refractivity contribution in [3.8, 4) is 0 Å². The van der Waals surface area contributed by atoms with Crippen molar-refractivity contribution in [3.05, 3.63) is 70.2 Å². The van der Waals surface area contributed by atoms with Crippen LogP contribution in [0, 0.1) is 0 Å². The topological polar surface area (TPSA) is 58.2 Å². The van der Waals surface area contributed by atoms with Crippen LogP contribution in [0.1, 0.15) is 37.4 Å². The number of Topliss-reactive ketones (excluding diaryl/α,β-unsaturated/α-hetero) is 1. The van der Waals surface area contributed by atoms with Gasteiger partial charge < -0.3 is 10.6 Å². The van der Waals surface area contributed by atoms with Gasteiger partial charge in [-0.05, 0) is 43.0 Å². The highest BCUT2D eigenvalue weighted by Gasteiger charge is 2.18. The van der Waals surface area contributed by atoms with Crippen molar-refractivity contribution in [2.45, 2.75) is 38.8 Å². The number of amides is 1. The Morgan fingerprint density at radius 1 is 1.04 bits per heavy atom. The normalized spacial score (nSPS) is 13.0. The number of rotatable bonds is 9. The van der Waals surface area contributed by atoms with Crippen molar-refractivity contribution in [1.29, 1.82) is 0 Å². The summed E-state index contributed by atoms with van der Waals surface area (Å²) < 4.78 is 1.03. The molecule has 5 heteroatoms. The number of hydrogen-bond donors (Lipinski definition) is 2. The molecular weight excluding hydrogens is 392 g/mol. The van der Waals surface area contributed by atoms with E-state index >= 15 is 0 Å². The van der Waals surface area contributed by atoms with E-state index in [1.165, 1.54) is 6.92 Å². The first-order valence-corrected chi connectivity index (χ1v) is 9.61. The molecule has 0 radical (unpaired) electrons. The highest BCUT2D eigenvalue weighted by atomic mass is 79.9. The van der Waals surface area contributed by atoms with Crippen molar-refractivity contribution < 1.29 is 9.59 Å². The number of benzene rings is 2. The molecule has 0 aromatic heterocycles. The Morgan fingerprint density at radius 3 is 2.27 bits per heavy atom. The van der Waals surface area contributed by atoms with Gasteiger partial charge in [-0.25, -0.2) is 0 Å². The smallest absolute Gasteiger partial charge is 0.234 e. The van der Waals surface area contributed by atoms with E-state index in [1.807, 2.05) is 54.6 Å². The first kappa shape index (κ1) is 20.3. The fourth-order valence-corrected chi connectivity index (χ4v) is 3.06. The Morgan fingerprint density at radius 2 is 1.69 bits per heavy atom. The minimum atomic E-state index is -0.501. The fraction of sp³-hybridized carbons (Fsp3) is 0.333. The van der Waals surface area contributed by atoms with E-state index in [0.717, 1.165) is 22.0 Å². The SMILES string of the molecule is CC[C@H](NCC(=O)N[C@@H](Cc1ccccc1)C(C)=O)c1ccc(Br)cc1. The third-order valence-corrected chi connectivity index (χ3v) is 4.83. The van der Waals surface area contributed by atoms with Crippen LogP contribution in [0.2, 0.25) is 0 Å². The molecule has 0 saturated heterocycles. The second-order valence-corrected chi connectivity index (χ2v) is 7.23. The molecule has 2 aromatic carbocycles. The molecule has 4 nitrogen and oxygen atoms in total. The maximum Gasteiger partial charge on any atom is 0.234 e. The molecule has 2 N–H and O–H groups in total. The quantitative estimate of drug-likeness (QED) is 0.653. The number of carbonyl (C=O) groups is 2. The first-order chi connectivity index (χ1) is 12.5. The molecule has 0 saturated carbocycles. The van der Waals surface area contributed by atoms with Crippen LogP contribution in [0.5, 0.6) is 0 Å². The molecule has 0 spiro atoms. The van der Waals surface area contributed by atoms with Gasteiger partial charge in [0.15, 0.2) is 5.78 Å². The predicted molar refractivity (Wildman–Crippen MR) is 108 cm³/mol. The monoisotopic (exact) mass is 416 g/mol. The minimum Gasteiger partial charge on any atom is -0.345 e. The van der Waals surface area contributed by atoms with Crippen LogP contribution < -0.4 is 10.6 Å². The second-order valence-electron chi connectivity index (χ2n) is 6.31. The van der Waals surface area contributed by atoms with Gasteiger partial charge >= 0.3 is 0 Å². The summed E-state index contributed by atoms with van der Waals surface area (Å²) in [7, 11) is 0. The van der Waals surface area contributed by atoms with Crippen LogP contribution in [0.4, 0.5) is 0 Å². The highest BCUT2D eigenvalue weighted by Crippen LogP contribution is 2.19. The summed E-state index contributed by atoms with van der Waals surface area (Å²) in [5.74, 6) is -0.209. The van der Waals surface area contributed by atoms with E-state index in [2.05, 4.69) is 33.5 Å². The van der Waals surface area contributed by atoms with Gasteiger partial charge in [0.2, 0.25) is 5.91 Å². The highest BCUT2D eigenvalue weighted by molar-refractivity contribution is 9.10. The van der Waals surface area contributed by atoms with Gasteiger partial charge in [-0.1, -0.05) is 65.3 Å². The molecule has 26 heavy (non-hydrogen) atoms. The summed E-state index contributed by atoms with van der Waals surface area (Å²) in [4.78, 5) is 24.2. The van der Waals surface area contributed by atoms with Gasteiger partial charge in [0.1, 0.15) is 0 Å². The Balaban J connectivity index is 1.90. The van der Waals surface area contributed by atoms with Gasteiger partial charge in [-0.2, -0.15) is 0 Å². The largest absolute Gasteiger partial charge is 0.345 e. The molecule has 0 aliphatic carbocycles. The van der Waals surface area contributed by atoms with Crippen molar-refractivity contribution in [2.24, 2.45) is 0 Å². The van der Waals surface area contributed by atoms with E-state index in [9.17, 15) is 9.59 Å². The number of ketones is 1. The summed E-state index contributed by atoms with van der Waals surface area (Å²) >= 11 is 3.43. The molecule has 0 unspecified atom stereocenters. The Bertz CT molecular complexity index is 717. The molecule has 0 aliphatic rings. The maximum atomic E-state index is 12.3. The van der Waals surface area contributed by atoms with Crippen molar-refractivity contribution in [3.63, 3.8) is 0 Å². The van der Waals surface area contributed by atoms with Crippen LogP contribution in [-0.2, 0) is 16.0 Å². The lowest BCUT2D eigenvalue weighted by Crippen LogP contribution is -2.45. The standard InChI is InChI=1S/C21H25BrN2O2/c1-3-19(17-9-11-18(22)12-10-17)23-14-21(26)24-20(15(2)25)13-16-7-5-4-6-8-16/h4-12,19-20,23H,3,13-14H2,1-2H3,(H,24,26)/t19-,20-/m0/s1. The lowest BCUT2D eigenvalue weighted by atomic mass is 10.0. The average molecular weight is 417 g/mol. The van der Waals surface area contributed by atoms with Gasteiger partial charge in [-0.3, -0.25) is 9.59 Å². The van der Waals surface area contributed by atoms with Gasteiger partial charge in [-0.15, -0.1) is 0 Å². The van der Waals surface area contributed by atoms with Crippen LogP contribution in [-0.4, -0.2) is 24.3 Å². The lowest BCUT2D eigenvalue weighted by Gasteiger charge is -2.20. The number of nitrogens with one attached hydrogen (secondary N) is 2. The van der Waals surface area contributed by atoms with Crippen LogP contribution in [0.15, 0.2) is 59.1 Å². The van der Waals surface area contributed by atoms with E-state index in [4.69, 9.17) is 0 Å². The van der Waals surface area contributed by atoms with Gasteiger partial charge in [0.25, 0.3) is 0 Å². The zero-order valence-electron chi connectivity index (χ0n) is 15.2. The van der Waals surface area contributed by atoms with Crippen molar-refractivity contribution in [1.82, 2.24) is 10.6 Å². The molecule has 0 aliphatic heterocycles. The van der Waals surface area contributed by atoms with Crippen LogP contribution in [0.3, 0.4) is 0 Å². The fourth-order valence-electron chi connectivity index (χ4n) is 2.80. The second kappa shape index (κ2) is 10.2. The summed E-state index contributed by atoms with van der Waals surface area (Å²) in [5.41, 5.74) is 2.16. The maximum absolute atomic E-state index is 12.3. The third kappa shape index (κ3) is 6.39. The molecule has 0 bridgehead atoms. The van der Waals surface area contributed by atoms with E-state index in [1.54, 1.807) is 0 Å². The molecule has 138 valence electrons. The zero-order chi connectivity index (χ0) is 18.9. The number of hydrogen-bond acceptors (Lipinski definition) is 3. The van der Waals surface area contributed by atoms with Crippen LogP contribution in [0.25, 0.3) is 0 Å².